The molecule has 96 valence electrons. The summed E-state index contributed by atoms with van der Waals surface area (Å²) in [4.78, 5) is 11.4. The third-order valence-corrected chi connectivity index (χ3v) is 2.66. The highest BCUT2D eigenvalue weighted by molar-refractivity contribution is 5.91. The summed E-state index contributed by atoms with van der Waals surface area (Å²) in [5.41, 5.74) is 1.88. The van der Waals surface area contributed by atoms with E-state index in [-0.39, 0.29) is 18.2 Å². The molecule has 0 aliphatic rings. The van der Waals surface area contributed by atoms with Gasteiger partial charge in [0.1, 0.15) is 6.07 Å². The Morgan fingerprint density at radius 2 is 2.32 bits per heavy atom. The summed E-state index contributed by atoms with van der Waals surface area (Å²) >= 11 is 0. The molecule has 0 saturated heterocycles. The first-order chi connectivity index (χ1) is 9.19. The smallest absolute Gasteiger partial charge is 0.271 e. The van der Waals surface area contributed by atoms with Crippen LogP contribution in [-0.4, -0.2) is 27.8 Å². The zero-order chi connectivity index (χ0) is 13.8. The average molecular weight is 256 g/mol. The first-order valence-corrected chi connectivity index (χ1v) is 5.61. The molecule has 0 unspecified atom stereocenters. The molecular weight excluding hydrogens is 244 g/mol. The Hall–Kier alpha value is -2.65. The van der Waals surface area contributed by atoms with Crippen molar-refractivity contribution in [1.29, 1.82) is 5.26 Å². The molecular formula is C13H12N4O2. The van der Waals surface area contributed by atoms with Crippen molar-refractivity contribution in [3.8, 4) is 11.8 Å². The van der Waals surface area contributed by atoms with Crippen molar-refractivity contribution in [1.82, 2.24) is 15.1 Å². The van der Waals surface area contributed by atoms with Crippen LogP contribution in [0.3, 0.4) is 0 Å². The Balaban J connectivity index is 2.45. The van der Waals surface area contributed by atoms with Crippen LogP contribution >= 0.6 is 0 Å². The average Bonchev–Trinajstić information content (AvgIpc) is 2.95. The van der Waals surface area contributed by atoms with Crippen molar-refractivity contribution in [2.24, 2.45) is 0 Å². The number of aliphatic hydroxyl groups is 1. The highest BCUT2D eigenvalue weighted by Gasteiger charge is 2.11. The van der Waals surface area contributed by atoms with Crippen LogP contribution in [0.15, 0.2) is 30.5 Å². The molecule has 2 N–H and O–H groups in total. The van der Waals surface area contributed by atoms with Gasteiger partial charge in [0.25, 0.3) is 5.91 Å². The van der Waals surface area contributed by atoms with Crippen LogP contribution in [0.2, 0.25) is 0 Å². The molecule has 0 fully saturated rings. The Kier molecular flexibility index (Phi) is 3.59. The molecule has 0 aliphatic heterocycles. The number of rotatable bonds is 3. The van der Waals surface area contributed by atoms with E-state index in [2.05, 4.69) is 10.4 Å². The quantitative estimate of drug-likeness (QED) is 0.841. The standard InChI is InChI=1S/C13H12N4O2/c1-15-13(19)11-4-5-17(16-11)12-3-2-9(8-18)6-10(12)7-14/h2-6,18H,8H2,1H3,(H,15,19). The summed E-state index contributed by atoms with van der Waals surface area (Å²) in [5.74, 6) is -0.288. The number of hydrogen-bond acceptors (Lipinski definition) is 4. The van der Waals surface area contributed by atoms with E-state index >= 15 is 0 Å². The number of nitrogens with one attached hydrogen (secondary N) is 1. The summed E-state index contributed by atoms with van der Waals surface area (Å²) in [7, 11) is 1.53. The minimum absolute atomic E-state index is 0.127. The van der Waals surface area contributed by atoms with Crippen LogP contribution in [0.4, 0.5) is 0 Å². The maximum Gasteiger partial charge on any atom is 0.271 e. The van der Waals surface area contributed by atoms with E-state index in [4.69, 9.17) is 10.4 Å². The Labute approximate surface area is 109 Å². The highest BCUT2D eigenvalue weighted by Crippen LogP contribution is 2.16. The molecule has 0 bridgehead atoms. The van der Waals surface area contributed by atoms with Crippen LogP contribution in [0.5, 0.6) is 0 Å². The van der Waals surface area contributed by atoms with Crippen molar-refractivity contribution in [2.45, 2.75) is 6.61 Å². The molecule has 1 heterocycles. The van der Waals surface area contributed by atoms with Gasteiger partial charge >= 0.3 is 0 Å². The van der Waals surface area contributed by atoms with Crippen molar-refractivity contribution in [2.75, 3.05) is 7.05 Å². The predicted octanol–water partition coefficient (Wildman–Crippen LogP) is 0.596. The van der Waals surface area contributed by atoms with E-state index in [9.17, 15) is 4.79 Å². The van der Waals surface area contributed by atoms with Gasteiger partial charge in [-0.05, 0) is 23.8 Å². The molecule has 19 heavy (non-hydrogen) atoms. The normalized spacial score (nSPS) is 9.95. The lowest BCUT2D eigenvalue weighted by atomic mass is 10.1. The lowest BCUT2D eigenvalue weighted by Crippen LogP contribution is -2.18. The Bertz CT molecular complexity index is 655. The molecule has 0 spiro atoms. The van der Waals surface area contributed by atoms with Gasteiger partial charge in [0.15, 0.2) is 5.69 Å². The lowest BCUT2D eigenvalue weighted by Gasteiger charge is -2.05. The molecule has 2 aromatic rings. The first kappa shape index (κ1) is 12.8. The SMILES string of the molecule is CNC(=O)c1ccn(-c2ccc(CO)cc2C#N)n1. The number of benzene rings is 1. The highest BCUT2D eigenvalue weighted by atomic mass is 16.3. The van der Waals surface area contributed by atoms with Gasteiger partial charge in [-0.2, -0.15) is 10.4 Å². The van der Waals surface area contributed by atoms with Gasteiger partial charge in [-0.15, -0.1) is 0 Å². The van der Waals surface area contributed by atoms with Crippen LogP contribution < -0.4 is 5.32 Å². The number of nitriles is 1. The number of nitrogens with zero attached hydrogens (tertiary/aromatic N) is 3. The number of hydrogen-bond donors (Lipinski definition) is 2. The van der Waals surface area contributed by atoms with E-state index in [1.54, 1.807) is 30.5 Å². The van der Waals surface area contributed by atoms with Crippen LogP contribution in [-0.2, 0) is 6.61 Å². The number of aliphatic hydroxyl groups excluding tert-OH is 1. The summed E-state index contributed by atoms with van der Waals surface area (Å²) in [5, 5.41) is 24.7. The van der Waals surface area contributed by atoms with Gasteiger partial charge in [-0.25, -0.2) is 4.68 Å². The second kappa shape index (κ2) is 5.33. The molecule has 6 nitrogen and oxygen atoms in total. The van der Waals surface area contributed by atoms with E-state index < -0.39 is 0 Å². The van der Waals surface area contributed by atoms with E-state index in [0.29, 0.717) is 16.8 Å². The lowest BCUT2D eigenvalue weighted by molar-refractivity contribution is 0.0957. The van der Waals surface area contributed by atoms with Crippen LogP contribution in [0.1, 0.15) is 21.6 Å². The Morgan fingerprint density at radius 1 is 1.53 bits per heavy atom. The molecule has 0 radical (unpaired) electrons. The third kappa shape index (κ3) is 2.46. The van der Waals surface area contributed by atoms with E-state index in [1.165, 1.54) is 11.7 Å². The fourth-order valence-electron chi connectivity index (χ4n) is 1.68. The van der Waals surface area contributed by atoms with Crippen molar-refractivity contribution < 1.29 is 9.90 Å². The first-order valence-electron chi connectivity index (χ1n) is 5.61. The topological polar surface area (TPSA) is 90.9 Å². The van der Waals surface area contributed by atoms with Gasteiger partial charge in [0.2, 0.25) is 0 Å². The van der Waals surface area contributed by atoms with Gasteiger partial charge in [0, 0.05) is 13.2 Å². The predicted molar refractivity (Wildman–Crippen MR) is 67.6 cm³/mol. The van der Waals surface area contributed by atoms with Gasteiger partial charge in [-0.1, -0.05) is 6.07 Å². The fraction of sp³-hybridized carbons (Fsp3) is 0.154. The minimum atomic E-state index is -0.288. The molecule has 1 aromatic heterocycles. The number of carbonyl (C=O) groups is 1. The zero-order valence-electron chi connectivity index (χ0n) is 10.3. The maximum absolute atomic E-state index is 11.4. The van der Waals surface area contributed by atoms with E-state index in [1.807, 2.05) is 6.07 Å². The zero-order valence-corrected chi connectivity index (χ0v) is 10.3. The fourth-order valence-corrected chi connectivity index (χ4v) is 1.68. The summed E-state index contributed by atoms with van der Waals surface area (Å²) in [6, 6.07) is 8.60. The molecule has 0 saturated carbocycles. The second-order valence-corrected chi connectivity index (χ2v) is 3.85. The third-order valence-electron chi connectivity index (χ3n) is 2.66. The molecule has 0 atom stereocenters. The van der Waals surface area contributed by atoms with Gasteiger partial charge < -0.3 is 10.4 Å². The molecule has 1 amide bonds. The van der Waals surface area contributed by atoms with Crippen molar-refractivity contribution >= 4 is 5.91 Å². The largest absolute Gasteiger partial charge is 0.392 e. The molecule has 2 rings (SSSR count). The van der Waals surface area contributed by atoms with Gasteiger partial charge in [0.05, 0.1) is 17.9 Å². The summed E-state index contributed by atoms with van der Waals surface area (Å²) in [6.45, 7) is -0.127. The maximum atomic E-state index is 11.4. The summed E-state index contributed by atoms with van der Waals surface area (Å²) < 4.78 is 1.46. The second-order valence-electron chi connectivity index (χ2n) is 3.85. The molecule has 6 heteroatoms. The number of amides is 1. The molecule has 1 aromatic carbocycles. The Morgan fingerprint density at radius 3 is 2.95 bits per heavy atom. The van der Waals surface area contributed by atoms with E-state index in [0.717, 1.165) is 0 Å². The van der Waals surface area contributed by atoms with Crippen LogP contribution in [0.25, 0.3) is 5.69 Å². The minimum Gasteiger partial charge on any atom is -0.392 e. The van der Waals surface area contributed by atoms with Gasteiger partial charge in [-0.3, -0.25) is 4.79 Å². The number of aromatic nitrogens is 2. The van der Waals surface area contributed by atoms with Crippen LogP contribution in [0, 0.1) is 11.3 Å². The monoisotopic (exact) mass is 256 g/mol. The number of carbonyl (C=O) groups excluding carboxylic acids is 1. The van der Waals surface area contributed by atoms with Crippen molar-refractivity contribution in [3.63, 3.8) is 0 Å². The summed E-state index contributed by atoms with van der Waals surface area (Å²) in [6.07, 6.45) is 1.61. The molecule has 0 aliphatic carbocycles. The van der Waals surface area contributed by atoms with Crippen molar-refractivity contribution in [3.05, 3.63) is 47.3 Å².